The van der Waals surface area contributed by atoms with E-state index >= 15 is 0 Å². The summed E-state index contributed by atoms with van der Waals surface area (Å²) in [5.74, 6) is 0.790. The van der Waals surface area contributed by atoms with Gasteiger partial charge in [-0.1, -0.05) is 25.5 Å². The molecule has 0 fully saturated rings. The van der Waals surface area contributed by atoms with Crippen LogP contribution in [0.2, 0.25) is 0 Å². The van der Waals surface area contributed by atoms with E-state index in [-0.39, 0.29) is 24.7 Å². The fraction of sp³-hybridized carbons (Fsp3) is 0.400. The van der Waals surface area contributed by atoms with Gasteiger partial charge in [-0.2, -0.15) is 5.10 Å². The molecule has 2 aromatic carbocycles. The first kappa shape index (κ1) is 24.9. The number of anilines is 1. The molecule has 0 radical (unpaired) electrons. The van der Waals surface area contributed by atoms with Gasteiger partial charge in [0, 0.05) is 18.5 Å². The Labute approximate surface area is 190 Å². The summed E-state index contributed by atoms with van der Waals surface area (Å²) in [6.45, 7) is 9.07. The molecular formula is C25H33N3O4. The van der Waals surface area contributed by atoms with E-state index in [9.17, 15) is 9.59 Å². The predicted octanol–water partition coefficient (Wildman–Crippen LogP) is 4.75. The van der Waals surface area contributed by atoms with Gasteiger partial charge in [-0.3, -0.25) is 9.59 Å². The van der Waals surface area contributed by atoms with Gasteiger partial charge >= 0.3 is 0 Å². The van der Waals surface area contributed by atoms with Crippen molar-refractivity contribution in [3.05, 3.63) is 53.1 Å². The molecule has 0 saturated carbocycles. The fourth-order valence-corrected chi connectivity index (χ4v) is 2.86. The number of ether oxygens (including phenoxy) is 2. The van der Waals surface area contributed by atoms with Gasteiger partial charge in [-0.15, -0.1) is 0 Å². The van der Waals surface area contributed by atoms with E-state index in [2.05, 4.69) is 22.8 Å². The molecule has 0 bridgehead atoms. The Balaban J connectivity index is 1.83. The highest BCUT2D eigenvalue weighted by atomic mass is 16.5. The first-order chi connectivity index (χ1) is 15.4. The summed E-state index contributed by atoms with van der Waals surface area (Å²) in [7, 11) is 0. The Hall–Kier alpha value is -3.35. The van der Waals surface area contributed by atoms with Crippen molar-refractivity contribution in [2.24, 2.45) is 5.10 Å². The summed E-state index contributed by atoms with van der Waals surface area (Å²) in [6, 6.07) is 11.3. The number of nitrogens with one attached hydrogen (secondary N) is 2. The number of rotatable bonds is 12. The molecule has 0 saturated heterocycles. The second-order valence-electron chi connectivity index (χ2n) is 7.50. The normalized spacial score (nSPS) is 10.8. The molecule has 7 nitrogen and oxygen atoms in total. The molecular weight excluding hydrogens is 406 g/mol. The smallest absolute Gasteiger partial charge is 0.240 e. The van der Waals surface area contributed by atoms with Gasteiger partial charge in [0.25, 0.3) is 0 Å². The van der Waals surface area contributed by atoms with E-state index < -0.39 is 0 Å². The van der Waals surface area contributed by atoms with Crippen LogP contribution in [0.15, 0.2) is 41.5 Å². The Morgan fingerprint density at radius 3 is 2.50 bits per heavy atom. The van der Waals surface area contributed by atoms with Crippen molar-refractivity contribution >= 4 is 23.7 Å². The van der Waals surface area contributed by atoms with Crippen LogP contribution in [-0.4, -0.2) is 31.2 Å². The predicted molar refractivity (Wildman–Crippen MR) is 128 cm³/mol. The third kappa shape index (κ3) is 8.41. The first-order valence-corrected chi connectivity index (χ1v) is 11.0. The van der Waals surface area contributed by atoms with Crippen molar-refractivity contribution in [1.29, 1.82) is 0 Å². The standard InChI is InChI=1S/C25H33N3O4/c1-5-7-14-32-22-11-10-20(16-23(22)31-6-2)17-26-28-25(30)13-12-24(29)27-21-15-18(3)8-9-19(21)4/h8-11,15-17H,5-7,12-14H2,1-4H3,(H,27,29)(H,28,30). The molecule has 0 aliphatic carbocycles. The summed E-state index contributed by atoms with van der Waals surface area (Å²) in [5.41, 5.74) is 6.03. The monoisotopic (exact) mass is 439 g/mol. The van der Waals surface area contributed by atoms with Gasteiger partial charge in [0.15, 0.2) is 11.5 Å². The lowest BCUT2D eigenvalue weighted by atomic mass is 10.1. The SMILES string of the molecule is CCCCOc1ccc(C=NNC(=O)CCC(=O)Nc2cc(C)ccc2C)cc1OCC. The van der Waals surface area contributed by atoms with E-state index in [0.29, 0.717) is 24.7 Å². The van der Waals surface area contributed by atoms with E-state index in [0.717, 1.165) is 35.2 Å². The number of hydrogen-bond donors (Lipinski definition) is 2. The van der Waals surface area contributed by atoms with Gasteiger partial charge in [0.2, 0.25) is 11.8 Å². The van der Waals surface area contributed by atoms with Crippen molar-refractivity contribution in [2.45, 2.75) is 53.4 Å². The van der Waals surface area contributed by atoms with E-state index in [1.807, 2.05) is 57.2 Å². The molecule has 172 valence electrons. The highest BCUT2D eigenvalue weighted by Crippen LogP contribution is 2.28. The maximum absolute atomic E-state index is 12.1. The Kier molecular flexibility index (Phi) is 10.2. The topological polar surface area (TPSA) is 89.0 Å². The largest absolute Gasteiger partial charge is 0.490 e. The number of amides is 2. The minimum atomic E-state index is -0.332. The lowest BCUT2D eigenvalue weighted by Gasteiger charge is -2.12. The lowest BCUT2D eigenvalue weighted by Crippen LogP contribution is -2.21. The zero-order valence-corrected chi connectivity index (χ0v) is 19.4. The van der Waals surface area contributed by atoms with Gasteiger partial charge in [0.1, 0.15) is 0 Å². The quantitative estimate of drug-likeness (QED) is 0.284. The van der Waals surface area contributed by atoms with Crippen LogP contribution in [0.5, 0.6) is 11.5 Å². The molecule has 2 amide bonds. The molecule has 7 heteroatoms. The highest BCUT2D eigenvalue weighted by Gasteiger charge is 2.09. The maximum atomic E-state index is 12.1. The molecule has 0 aliphatic heterocycles. The summed E-state index contributed by atoms with van der Waals surface area (Å²) in [6.07, 6.45) is 3.69. The summed E-state index contributed by atoms with van der Waals surface area (Å²) in [5, 5.41) is 6.83. The van der Waals surface area contributed by atoms with Crippen LogP contribution in [0.3, 0.4) is 0 Å². The van der Waals surface area contributed by atoms with Crippen molar-refractivity contribution < 1.29 is 19.1 Å². The third-order valence-electron chi connectivity index (χ3n) is 4.67. The number of nitrogens with zero attached hydrogens (tertiary/aromatic N) is 1. The van der Waals surface area contributed by atoms with Gasteiger partial charge in [-0.25, -0.2) is 5.43 Å². The molecule has 2 rings (SSSR count). The first-order valence-electron chi connectivity index (χ1n) is 11.0. The molecule has 0 spiro atoms. The molecule has 2 aromatic rings. The average Bonchev–Trinajstić information content (AvgIpc) is 2.76. The zero-order valence-electron chi connectivity index (χ0n) is 19.4. The summed E-state index contributed by atoms with van der Waals surface area (Å²) in [4.78, 5) is 24.2. The van der Waals surface area contributed by atoms with Crippen LogP contribution in [0.1, 0.15) is 56.2 Å². The van der Waals surface area contributed by atoms with Crippen molar-refractivity contribution in [1.82, 2.24) is 5.43 Å². The van der Waals surface area contributed by atoms with Crippen molar-refractivity contribution in [3.63, 3.8) is 0 Å². The molecule has 0 aromatic heterocycles. The van der Waals surface area contributed by atoms with Crippen LogP contribution in [-0.2, 0) is 9.59 Å². The Morgan fingerprint density at radius 1 is 0.969 bits per heavy atom. The third-order valence-corrected chi connectivity index (χ3v) is 4.67. The van der Waals surface area contributed by atoms with Crippen LogP contribution < -0.4 is 20.2 Å². The number of hydrogen-bond acceptors (Lipinski definition) is 5. The van der Waals surface area contributed by atoms with Crippen LogP contribution in [0.25, 0.3) is 0 Å². The van der Waals surface area contributed by atoms with Crippen LogP contribution >= 0.6 is 0 Å². The summed E-state index contributed by atoms with van der Waals surface area (Å²) >= 11 is 0. The van der Waals surface area contributed by atoms with E-state index in [1.54, 1.807) is 0 Å². The number of benzene rings is 2. The molecule has 0 atom stereocenters. The van der Waals surface area contributed by atoms with Gasteiger partial charge in [-0.05, 0) is 68.1 Å². The molecule has 2 N–H and O–H groups in total. The second kappa shape index (κ2) is 13.1. The average molecular weight is 440 g/mol. The Morgan fingerprint density at radius 2 is 1.75 bits per heavy atom. The summed E-state index contributed by atoms with van der Waals surface area (Å²) < 4.78 is 11.4. The number of carbonyl (C=O) groups is 2. The van der Waals surface area contributed by atoms with E-state index in [1.165, 1.54) is 6.21 Å². The van der Waals surface area contributed by atoms with Gasteiger partial charge < -0.3 is 14.8 Å². The number of unbranched alkanes of at least 4 members (excludes halogenated alkanes) is 1. The minimum Gasteiger partial charge on any atom is -0.490 e. The van der Waals surface area contributed by atoms with Crippen molar-refractivity contribution in [3.8, 4) is 11.5 Å². The number of carbonyl (C=O) groups excluding carboxylic acids is 2. The zero-order chi connectivity index (χ0) is 23.3. The van der Waals surface area contributed by atoms with Gasteiger partial charge in [0.05, 0.1) is 19.4 Å². The second-order valence-corrected chi connectivity index (χ2v) is 7.50. The fourth-order valence-electron chi connectivity index (χ4n) is 2.86. The molecule has 0 heterocycles. The molecule has 0 unspecified atom stereocenters. The Bertz CT molecular complexity index is 941. The van der Waals surface area contributed by atoms with Crippen LogP contribution in [0.4, 0.5) is 5.69 Å². The number of hydrazone groups is 1. The molecule has 32 heavy (non-hydrogen) atoms. The number of aryl methyl sites for hydroxylation is 2. The van der Waals surface area contributed by atoms with Crippen LogP contribution in [0, 0.1) is 13.8 Å². The maximum Gasteiger partial charge on any atom is 0.240 e. The molecule has 0 aliphatic rings. The highest BCUT2D eigenvalue weighted by molar-refractivity contribution is 5.94. The lowest BCUT2D eigenvalue weighted by molar-refractivity contribution is -0.124. The minimum absolute atomic E-state index is 0.0441. The van der Waals surface area contributed by atoms with Crippen molar-refractivity contribution in [2.75, 3.05) is 18.5 Å². The van der Waals surface area contributed by atoms with E-state index in [4.69, 9.17) is 9.47 Å².